The number of hydrogen-bond acceptors (Lipinski definition) is 5. The van der Waals surface area contributed by atoms with Gasteiger partial charge < -0.3 is 20.0 Å². The number of amides is 2. The van der Waals surface area contributed by atoms with E-state index in [0.29, 0.717) is 18.9 Å². The summed E-state index contributed by atoms with van der Waals surface area (Å²) in [5, 5.41) is 15.3. The Kier molecular flexibility index (Phi) is 5.37. The summed E-state index contributed by atoms with van der Waals surface area (Å²) >= 11 is 0. The van der Waals surface area contributed by atoms with Gasteiger partial charge in [0, 0.05) is 20.1 Å². The number of nitrogens with zero attached hydrogens (tertiary/aromatic N) is 2. The van der Waals surface area contributed by atoms with Crippen LogP contribution >= 0.6 is 0 Å². The first-order valence-electron chi connectivity index (χ1n) is 5.45. The SMILES string of the molecule is COCCNC(=O)[C@@H]1C/C(=N\OC)CN1C(=O)O. The average Bonchev–Trinajstić information content (AvgIpc) is 2.74. The first-order valence-corrected chi connectivity index (χ1v) is 5.45. The molecule has 1 atom stereocenters. The molecule has 1 rings (SSSR count). The minimum absolute atomic E-state index is 0.0888. The van der Waals surface area contributed by atoms with Gasteiger partial charge in [-0.05, 0) is 0 Å². The van der Waals surface area contributed by atoms with Crippen molar-refractivity contribution >= 4 is 17.7 Å². The van der Waals surface area contributed by atoms with E-state index in [0.717, 1.165) is 4.90 Å². The molecule has 0 aromatic heterocycles. The maximum absolute atomic E-state index is 11.8. The Morgan fingerprint density at radius 3 is 2.83 bits per heavy atom. The van der Waals surface area contributed by atoms with E-state index < -0.39 is 12.1 Å². The van der Waals surface area contributed by atoms with E-state index in [4.69, 9.17) is 9.84 Å². The summed E-state index contributed by atoms with van der Waals surface area (Å²) in [5.74, 6) is -0.351. The summed E-state index contributed by atoms with van der Waals surface area (Å²) in [6.45, 7) is 0.812. The largest absolute Gasteiger partial charge is 0.465 e. The summed E-state index contributed by atoms with van der Waals surface area (Å²) in [6.07, 6.45) is -0.901. The third kappa shape index (κ3) is 3.59. The van der Waals surface area contributed by atoms with Crippen LogP contribution in [0, 0.1) is 0 Å². The van der Waals surface area contributed by atoms with E-state index in [1.165, 1.54) is 14.2 Å². The summed E-state index contributed by atoms with van der Waals surface area (Å²) in [6, 6.07) is -0.756. The Balaban J connectivity index is 2.63. The summed E-state index contributed by atoms with van der Waals surface area (Å²) in [7, 11) is 2.90. The quantitative estimate of drug-likeness (QED) is 0.512. The number of hydrogen-bond donors (Lipinski definition) is 2. The second kappa shape index (κ2) is 6.80. The maximum atomic E-state index is 11.8. The molecule has 0 aromatic rings. The van der Waals surface area contributed by atoms with Crippen molar-refractivity contribution in [2.45, 2.75) is 12.5 Å². The lowest BCUT2D eigenvalue weighted by Gasteiger charge is -2.19. The fraction of sp³-hybridized carbons (Fsp3) is 0.700. The second-order valence-corrected chi connectivity index (χ2v) is 3.75. The molecule has 0 bridgehead atoms. The lowest BCUT2D eigenvalue weighted by molar-refractivity contribution is -0.125. The fourth-order valence-electron chi connectivity index (χ4n) is 1.73. The molecule has 1 aliphatic heterocycles. The maximum Gasteiger partial charge on any atom is 0.408 e. The first kappa shape index (κ1) is 14.2. The van der Waals surface area contributed by atoms with E-state index in [9.17, 15) is 9.59 Å². The molecular weight excluding hydrogens is 242 g/mol. The van der Waals surface area contributed by atoms with Gasteiger partial charge in [0.15, 0.2) is 0 Å². The third-order valence-corrected chi connectivity index (χ3v) is 2.53. The van der Waals surface area contributed by atoms with E-state index in [-0.39, 0.29) is 18.9 Å². The van der Waals surface area contributed by atoms with Crippen molar-refractivity contribution in [3.05, 3.63) is 0 Å². The number of oxime groups is 1. The zero-order valence-corrected chi connectivity index (χ0v) is 10.4. The van der Waals surface area contributed by atoms with Crippen molar-refractivity contribution < 1.29 is 24.3 Å². The van der Waals surface area contributed by atoms with Gasteiger partial charge in [-0.3, -0.25) is 9.69 Å². The lowest BCUT2D eigenvalue weighted by Crippen LogP contribution is -2.46. The number of carboxylic acid groups (broad SMARTS) is 1. The van der Waals surface area contributed by atoms with Crippen LogP contribution in [-0.4, -0.2) is 67.7 Å². The summed E-state index contributed by atoms with van der Waals surface area (Å²) in [4.78, 5) is 28.5. The Bertz CT molecular complexity index is 344. The normalized spacial score (nSPS) is 21.1. The van der Waals surface area contributed by atoms with Crippen molar-refractivity contribution in [1.82, 2.24) is 10.2 Å². The Morgan fingerprint density at radius 2 is 2.28 bits per heavy atom. The van der Waals surface area contributed by atoms with Gasteiger partial charge in [-0.25, -0.2) is 4.79 Å². The van der Waals surface area contributed by atoms with Gasteiger partial charge in [0.2, 0.25) is 5.91 Å². The highest BCUT2D eigenvalue weighted by atomic mass is 16.6. The van der Waals surface area contributed by atoms with Gasteiger partial charge in [0.1, 0.15) is 13.2 Å². The van der Waals surface area contributed by atoms with Crippen molar-refractivity contribution in [3.8, 4) is 0 Å². The van der Waals surface area contributed by atoms with Crippen molar-refractivity contribution in [3.63, 3.8) is 0 Å². The van der Waals surface area contributed by atoms with Gasteiger partial charge in [-0.1, -0.05) is 5.16 Å². The van der Waals surface area contributed by atoms with Crippen LogP contribution in [0.3, 0.4) is 0 Å². The standard InChI is InChI=1S/C10H17N3O5/c1-17-4-3-11-9(14)8-5-7(12-18-2)6-13(8)10(15)16/h8H,3-6H2,1-2H3,(H,11,14)(H,15,16)/b12-7+/t8-/m0/s1. The molecule has 2 amide bonds. The van der Waals surface area contributed by atoms with Crippen molar-refractivity contribution in [2.75, 3.05) is 33.9 Å². The predicted molar refractivity (Wildman–Crippen MR) is 62.5 cm³/mol. The van der Waals surface area contributed by atoms with Crippen LogP contribution in [0.2, 0.25) is 0 Å². The molecule has 0 radical (unpaired) electrons. The molecule has 2 N–H and O–H groups in total. The summed E-state index contributed by atoms with van der Waals surface area (Å²) in [5.41, 5.74) is 0.534. The second-order valence-electron chi connectivity index (χ2n) is 3.75. The van der Waals surface area contributed by atoms with Gasteiger partial charge in [0.05, 0.1) is 18.9 Å². The lowest BCUT2D eigenvalue weighted by atomic mass is 10.2. The van der Waals surface area contributed by atoms with Crippen LogP contribution in [0.5, 0.6) is 0 Å². The van der Waals surface area contributed by atoms with E-state index in [1.54, 1.807) is 0 Å². The molecule has 8 nitrogen and oxygen atoms in total. The van der Waals surface area contributed by atoms with Crippen LogP contribution in [0.15, 0.2) is 5.16 Å². The van der Waals surface area contributed by atoms with E-state index >= 15 is 0 Å². The summed E-state index contributed by atoms with van der Waals surface area (Å²) < 4.78 is 4.80. The molecule has 0 spiro atoms. The van der Waals surface area contributed by atoms with E-state index in [1.807, 2.05) is 0 Å². The molecule has 18 heavy (non-hydrogen) atoms. The number of carbonyl (C=O) groups is 2. The van der Waals surface area contributed by atoms with Crippen LogP contribution in [0.25, 0.3) is 0 Å². The molecule has 0 aromatic carbocycles. The molecular formula is C10H17N3O5. The molecule has 1 fully saturated rings. The van der Waals surface area contributed by atoms with Crippen LogP contribution in [0.1, 0.15) is 6.42 Å². The highest BCUT2D eigenvalue weighted by Gasteiger charge is 2.37. The van der Waals surface area contributed by atoms with Gasteiger partial charge in [0.25, 0.3) is 0 Å². The fourth-order valence-corrected chi connectivity index (χ4v) is 1.73. The predicted octanol–water partition coefficient (Wildman–Crippen LogP) is -0.496. The van der Waals surface area contributed by atoms with Gasteiger partial charge >= 0.3 is 6.09 Å². The monoisotopic (exact) mass is 259 g/mol. The Morgan fingerprint density at radius 1 is 1.56 bits per heavy atom. The first-order chi connectivity index (χ1) is 8.60. The topological polar surface area (TPSA) is 100 Å². The number of carbonyl (C=O) groups excluding carboxylic acids is 1. The number of rotatable bonds is 5. The van der Waals surface area contributed by atoms with Crippen molar-refractivity contribution in [1.29, 1.82) is 0 Å². The van der Waals surface area contributed by atoms with Crippen LogP contribution in [-0.2, 0) is 14.4 Å². The third-order valence-electron chi connectivity index (χ3n) is 2.53. The van der Waals surface area contributed by atoms with E-state index in [2.05, 4.69) is 15.3 Å². The number of ether oxygens (including phenoxy) is 1. The Hall–Kier alpha value is -1.83. The highest BCUT2D eigenvalue weighted by molar-refractivity contribution is 5.99. The molecule has 1 aliphatic rings. The minimum atomic E-state index is -1.15. The van der Waals surface area contributed by atoms with Crippen LogP contribution < -0.4 is 5.32 Å². The van der Waals surface area contributed by atoms with Crippen LogP contribution in [0.4, 0.5) is 4.79 Å². The minimum Gasteiger partial charge on any atom is -0.465 e. The Labute approximate surface area is 105 Å². The number of nitrogens with one attached hydrogen (secondary N) is 1. The number of methoxy groups -OCH3 is 1. The molecule has 0 saturated carbocycles. The molecule has 0 unspecified atom stereocenters. The smallest absolute Gasteiger partial charge is 0.408 e. The van der Waals surface area contributed by atoms with Gasteiger partial charge in [-0.15, -0.1) is 0 Å². The molecule has 1 saturated heterocycles. The zero-order valence-electron chi connectivity index (χ0n) is 10.4. The number of likely N-dealkylation sites (tertiary alicyclic amines) is 1. The average molecular weight is 259 g/mol. The van der Waals surface area contributed by atoms with Crippen molar-refractivity contribution in [2.24, 2.45) is 5.16 Å². The molecule has 102 valence electrons. The molecule has 1 heterocycles. The molecule has 0 aliphatic carbocycles. The highest BCUT2D eigenvalue weighted by Crippen LogP contribution is 2.16. The van der Waals surface area contributed by atoms with Gasteiger partial charge in [-0.2, -0.15) is 0 Å². The molecule has 8 heteroatoms. The zero-order chi connectivity index (χ0) is 13.5.